The van der Waals surface area contributed by atoms with Crippen molar-refractivity contribution in [2.75, 3.05) is 23.3 Å². The van der Waals surface area contributed by atoms with E-state index in [-0.39, 0.29) is 16.4 Å². The second kappa shape index (κ2) is 8.54. The van der Waals surface area contributed by atoms with Gasteiger partial charge in [0.1, 0.15) is 11.4 Å². The minimum atomic E-state index is -1.22. The maximum absolute atomic E-state index is 13.6. The summed E-state index contributed by atoms with van der Waals surface area (Å²) in [6.07, 6.45) is 2.02. The van der Waals surface area contributed by atoms with E-state index in [1.807, 2.05) is 19.9 Å². The Bertz CT molecular complexity index is 1270. The van der Waals surface area contributed by atoms with Gasteiger partial charge in [-0.1, -0.05) is 19.9 Å². The second-order valence-corrected chi connectivity index (χ2v) is 9.69. The first-order valence-corrected chi connectivity index (χ1v) is 11.2. The number of piperidine rings is 1. The van der Waals surface area contributed by atoms with Crippen LogP contribution >= 0.6 is 0 Å². The highest BCUT2D eigenvalue weighted by Crippen LogP contribution is 2.34. The summed E-state index contributed by atoms with van der Waals surface area (Å²) in [5.41, 5.74) is 2.41. The molecule has 0 radical (unpaired) electrons. The van der Waals surface area contributed by atoms with E-state index < -0.39 is 17.8 Å². The molecule has 0 aliphatic carbocycles. The summed E-state index contributed by atoms with van der Waals surface area (Å²) in [7, 11) is 0. The zero-order chi connectivity index (χ0) is 23.9. The molecule has 2 N–H and O–H groups in total. The van der Waals surface area contributed by atoms with E-state index in [1.54, 1.807) is 12.1 Å². The maximum atomic E-state index is 13.6. The number of nitrogens with one attached hydrogen (secondary N) is 1. The Morgan fingerprint density at radius 1 is 1.18 bits per heavy atom. The van der Waals surface area contributed by atoms with Crippen molar-refractivity contribution in [2.45, 2.75) is 46.6 Å². The second-order valence-electron chi connectivity index (χ2n) is 9.69. The number of anilines is 2. The standard InChI is InChI=1S/C26H29FN2O4/c1-15-11-18(16(2)28-21-6-5-17(27)13-19(21)25(31)32)24-20(12-15)22(30)14-23(33-24)29-9-7-26(3,4)8-10-29/h5-6,11-14,16,28H,7-10H2,1-4H3,(H,31,32). The molecular weight excluding hydrogens is 423 g/mol. The lowest BCUT2D eigenvalue weighted by atomic mass is 9.83. The number of hydrogen-bond donors (Lipinski definition) is 2. The summed E-state index contributed by atoms with van der Waals surface area (Å²) >= 11 is 0. The lowest BCUT2D eigenvalue weighted by Crippen LogP contribution is -2.37. The first-order valence-electron chi connectivity index (χ1n) is 11.2. The van der Waals surface area contributed by atoms with Gasteiger partial charge in [-0.05, 0) is 61.9 Å². The van der Waals surface area contributed by atoms with Crippen LogP contribution in [0, 0.1) is 18.2 Å². The molecule has 1 aliphatic rings. The number of carboxylic acids is 1. The van der Waals surface area contributed by atoms with Crippen molar-refractivity contribution in [3.05, 3.63) is 69.1 Å². The Morgan fingerprint density at radius 3 is 2.55 bits per heavy atom. The first kappa shape index (κ1) is 22.8. The van der Waals surface area contributed by atoms with Crippen LogP contribution in [0.15, 0.2) is 45.6 Å². The molecule has 1 saturated heterocycles. The predicted octanol–water partition coefficient (Wildman–Crippen LogP) is 5.74. The van der Waals surface area contributed by atoms with Gasteiger partial charge >= 0.3 is 5.97 Å². The summed E-state index contributed by atoms with van der Waals surface area (Å²) in [4.78, 5) is 26.7. The summed E-state index contributed by atoms with van der Waals surface area (Å²) in [6.45, 7) is 9.88. The molecule has 1 aromatic heterocycles. The fourth-order valence-corrected chi connectivity index (χ4v) is 4.36. The van der Waals surface area contributed by atoms with Crippen LogP contribution in [-0.4, -0.2) is 24.2 Å². The Labute approximate surface area is 192 Å². The number of aromatic carboxylic acids is 1. The van der Waals surface area contributed by atoms with Gasteiger partial charge in [0.05, 0.1) is 17.0 Å². The van der Waals surface area contributed by atoms with Gasteiger partial charge in [-0.15, -0.1) is 0 Å². The van der Waals surface area contributed by atoms with Gasteiger partial charge in [-0.25, -0.2) is 9.18 Å². The highest BCUT2D eigenvalue weighted by Gasteiger charge is 2.27. The molecule has 0 spiro atoms. The van der Waals surface area contributed by atoms with Gasteiger partial charge in [0.25, 0.3) is 0 Å². The molecule has 1 aliphatic heterocycles. The first-order chi connectivity index (χ1) is 15.5. The minimum absolute atomic E-state index is 0.110. The zero-order valence-electron chi connectivity index (χ0n) is 19.4. The number of benzene rings is 2. The topological polar surface area (TPSA) is 82.8 Å². The Morgan fingerprint density at radius 2 is 1.88 bits per heavy atom. The third kappa shape index (κ3) is 4.72. The van der Waals surface area contributed by atoms with Crippen LogP contribution in [-0.2, 0) is 0 Å². The smallest absolute Gasteiger partial charge is 0.337 e. The number of carboxylic acid groups (broad SMARTS) is 1. The summed E-state index contributed by atoms with van der Waals surface area (Å²) in [5, 5.41) is 13.1. The lowest BCUT2D eigenvalue weighted by Gasteiger charge is -2.37. The van der Waals surface area contributed by atoms with Gasteiger partial charge in [0.15, 0.2) is 11.3 Å². The van der Waals surface area contributed by atoms with Crippen molar-refractivity contribution in [3.63, 3.8) is 0 Å². The Hall–Kier alpha value is -3.35. The van der Waals surface area contributed by atoms with E-state index in [4.69, 9.17) is 4.42 Å². The van der Waals surface area contributed by atoms with Gasteiger partial charge in [0, 0.05) is 30.4 Å². The van der Waals surface area contributed by atoms with Gasteiger partial charge in [-0.2, -0.15) is 0 Å². The number of aryl methyl sites for hydroxylation is 1. The number of carbonyl (C=O) groups is 1. The number of halogens is 1. The molecule has 4 rings (SSSR count). The molecular formula is C26H29FN2O4. The molecule has 2 aromatic carbocycles. The van der Waals surface area contributed by atoms with Gasteiger partial charge in [-0.3, -0.25) is 4.79 Å². The molecule has 1 unspecified atom stereocenters. The molecule has 1 atom stereocenters. The largest absolute Gasteiger partial charge is 0.478 e. The van der Waals surface area contributed by atoms with Crippen LogP contribution in [0.25, 0.3) is 11.0 Å². The lowest BCUT2D eigenvalue weighted by molar-refractivity contribution is 0.0697. The summed E-state index contributed by atoms with van der Waals surface area (Å²) in [5.74, 6) is -1.29. The fourth-order valence-electron chi connectivity index (χ4n) is 4.36. The number of rotatable bonds is 5. The van der Waals surface area contributed by atoms with Crippen LogP contribution in [0.2, 0.25) is 0 Å². The SMILES string of the molecule is Cc1cc(C(C)Nc2ccc(F)cc2C(=O)O)c2oc(N3CCC(C)(C)CC3)cc(=O)c2c1. The molecule has 174 valence electrons. The average molecular weight is 453 g/mol. The van der Waals surface area contributed by atoms with Crippen molar-refractivity contribution < 1.29 is 18.7 Å². The monoisotopic (exact) mass is 452 g/mol. The third-order valence-electron chi connectivity index (χ3n) is 6.47. The normalized spacial score (nSPS) is 16.6. The number of nitrogens with zero attached hydrogens (tertiary/aromatic N) is 1. The molecule has 2 heterocycles. The van der Waals surface area contributed by atoms with Crippen molar-refractivity contribution in [1.82, 2.24) is 0 Å². The van der Waals surface area contributed by atoms with Crippen LogP contribution in [0.4, 0.5) is 16.0 Å². The quantitative estimate of drug-likeness (QED) is 0.514. The molecule has 0 saturated carbocycles. The van der Waals surface area contributed by atoms with Gasteiger partial charge in [0.2, 0.25) is 0 Å². The van der Waals surface area contributed by atoms with Crippen LogP contribution in [0.1, 0.15) is 61.1 Å². The minimum Gasteiger partial charge on any atom is -0.478 e. The molecule has 0 bridgehead atoms. The molecule has 0 amide bonds. The maximum Gasteiger partial charge on any atom is 0.337 e. The van der Waals surface area contributed by atoms with Crippen LogP contribution in [0.5, 0.6) is 0 Å². The van der Waals surface area contributed by atoms with E-state index in [2.05, 4.69) is 24.1 Å². The van der Waals surface area contributed by atoms with E-state index in [0.717, 1.165) is 43.1 Å². The fraction of sp³-hybridized carbons (Fsp3) is 0.385. The van der Waals surface area contributed by atoms with E-state index in [9.17, 15) is 19.1 Å². The highest BCUT2D eigenvalue weighted by molar-refractivity contribution is 5.94. The summed E-state index contributed by atoms with van der Waals surface area (Å²) in [6, 6.07) is 8.51. The average Bonchev–Trinajstić information content (AvgIpc) is 2.74. The summed E-state index contributed by atoms with van der Waals surface area (Å²) < 4.78 is 19.9. The molecule has 6 nitrogen and oxygen atoms in total. The van der Waals surface area contributed by atoms with Gasteiger partial charge < -0.3 is 19.7 Å². The predicted molar refractivity (Wildman–Crippen MR) is 128 cm³/mol. The highest BCUT2D eigenvalue weighted by atomic mass is 19.1. The van der Waals surface area contributed by atoms with E-state index in [0.29, 0.717) is 22.5 Å². The Balaban J connectivity index is 1.75. The number of hydrogen-bond acceptors (Lipinski definition) is 5. The molecule has 3 aromatic rings. The number of fused-ring (bicyclic) bond motifs is 1. The third-order valence-corrected chi connectivity index (χ3v) is 6.47. The van der Waals surface area contributed by atoms with Crippen LogP contribution < -0.4 is 15.6 Å². The molecule has 1 fully saturated rings. The zero-order valence-corrected chi connectivity index (χ0v) is 19.4. The van der Waals surface area contributed by atoms with Crippen molar-refractivity contribution in [2.24, 2.45) is 5.41 Å². The van der Waals surface area contributed by atoms with E-state index >= 15 is 0 Å². The van der Waals surface area contributed by atoms with Crippen molar-refractivity contribution >= 4 is 28.5 Å². The van der Waals surface area contributed by atoms with Crippen molar-refractivity contribution in [1.29, 1.82) is 0 Å². The van der Waals surface area contributed by atoms with E-state index in [1.165, 1.54) is 12.1 Å². The Kier molecular flexibility index (Phi) is 5.91. The molecule has 7 heteroatoms. The van der Waals surface area contributed by atoms with Crippen LogP contribution in [0.3, 0.4) is 0 Å². The van der Waals surface area contributed by atoms with Crippen molar-refractivity contribution in [3.8, 4) is 0 Å². The molecule has 33 heavy (non-hydrogen) atoms.